The normalized spacial score (nSPS) is 12.6. The third kappa shape index (κ3) is 3.46. The van der Waals surface area contributed by atoms with E-state index in [1.54, 1.807) is 7.11 Å². The molecule has 1 N–H and O–H groups in total. The van der Waals surface area contributed by atoms with Crippen molar-refractivity contribution in [1.29, 1.82) is 0 Å². The van der Waals surface area contributed by atoms with Gasteiger partial charge in [0, 0.05) is 6.04 Å². The van der Waals surface area contributed by atoms with Crippen LogP contribution in [0.3, 0.4) is 0 Å². The van der Waals surface area contributed by atoms with Crippen LogP contribution in [-0.2, 0) is 0 Å². The number of hydrogen-bond acceptors (Lipinski definition) is 4. The number of nitrogens with zero attached hydrogens (tertiary/aromatic N) is 2. The predicted octanol–water partition coefficient (Wildman–Crippen LogP) is 3.38. The van der Waals surface area contributed by atoms with Gasteiger partial charge in [-0.1, -0.05) is 38.3 Å². The van der Waals surface area contributed by atoms with Gasteiger partial charge in [0.25, 0.3) is 0 Å². The van der Waals surface area contributed by atoms with Gasteiger partial charge >= 0.3 is 0 Å². The van der Waals surface area contributed by atoms with Crippen LogP contribution >= 0.6 is 11.6 Å². The minimum atomic E-state index is 0.324. The maximum atomic E-state index is 5.94. The lowest BCUT2D eigenvalue weighted by atomic mass is 9.95. The molecule has 96 valence electrons. The SMILES string of the molecule is CCC(CC)C(C)Nc1ncnc(Cl)c1OC. The third-order valence-corrected chi connectivity index (χ3v) is 3.35. The van der Waals surface area contributed by atoms with E-state index in [1.807, 2.05) is 0 Å². The van der Waals surface area contributed by atoms with Gasteiger partial charge in [-0.05, 0) is 12.8 Å². The van der Waals surface area contributed by atoms with Gasteiger partial charge < -0.3 is 10.1 Å². The van der Waals surface area contributed by atoms with Gasteiger partial charge in [-0.15, -0.1) is 0 Å². The van der Waals surface area contributed by atoms with E-state index >= 15 is 0 Å². The molecule has 1 aromatic rings. The molecule has 0 saturated heterocycles. The van der Waals surface area contributed by atoms with E-state index < -0.39 is 0 Å². The van der Waals surface area contributed by atoms with Crippen LogP contribution < -0.4 is 10.1 Å². The van der Waals surface area contributed by atoms with Gasteiger partial charge in [0.2, 0.25) is 0 Å². The van der Waals surface area contributed by atoms with Gasteiger partial charge in [-0.25, -0.2) is 9.97 Å². The van der Waals surface area contributed by atoms with Crippen molar-refractivity contribution in [2.24, 2.45) is 5.92 Å². The second-order valence-electron chi connectivity index (χ2n) is 4.06. The molecule has 0 bridgehead atoms. The Morgan fingerprint density at radius 1 is 1.35 bits per heavy atom. The number of methoxy groups -OCH3 is 1. The summed E-state index contributed by atoms with van der Waals surface area (Å²) < 4.78 is 5.20. The molecule has 0 aliphatic heterocycles. The van der Waals surface area contributed by atoms with Crippen LogP contribution in [0.1, 0.15) is 33.6 Å². The van der Waals surface area contributed by atoms with Gasteiger partial charge in [0.05, 0.1) is 7.11 Å². The molecule has 0 saturated carbocycles. The molecule has 0 radical (unpaired) electrons. The average Bonchev–Trinajstić information content (AvgIpc) is 2.31. The predicted molar refractivity (Wildman–Crippen MR) is 70.8 cm³/mol. The lowest BCUT2D eigenvalue weighted by Crippen LogP contribution is -2.25. The molecule has 1 heterocycles. The van der Waals surface area contributed by atoms with Crippen LogP contribution in [-0.4, -0.2) is 23.1 Å². The van der Waals surface area contributed by atoms with Gasteiger partial charge in [0.1, 0.15) is 6.33 Å². The molecule has 1 aromatic heterocycles. The van der Waals surface area contributed by atoms with Crippen molar-refractivity contribution in [2.75, 3.05) is 12.4 Å². The summed E-state index contributed by atoms with van der Waals surface area (Å²) in [5, 5.41) is 3.68. The van der Waals surface area contributed by atoms with Crippen molar-refractivity contribution in [3.05, 3.63) is 11.5 Å². The summed E-state index contributed by atoms with van der Waals surface area (Å²) in [6.07, 6.45) is 3.70. The maximum Gasteiger partial charge on any atom is 0.198 e. The first kappa shape index (κ1) is 14.0. The van der Waals surface area contributed by atoms with Crippen molar-refractivity contribution in [3.8, 4) is 5.75 Å². The Morgan fingerprint density at radius 2 is 2.00 bits per heavy atom. The zero-order chi connectivity index (χ0) is 12.8. The first-order valence-corrected chi connectivity index (χ1v) is 6.32. The molecule has 17 heavy (non-hydrogen) atoms. The Morgan fingerprint density at radius 3 is 2.53 bits per heavy atom. The average molecular weight is 258 g/mol. The van der Waals surface area contributed by atoms with E-state index in [0.717, 1.165) is 12.8 Å². The van der Waals surface area contributed by atoms with Crippen LogP contribution in [0.15, 0.2) is 6.33 Å². The quantitative estimate of drug-likeness (QED) is 0.794. The van der Waals surface area contributed by atoms with Crippen molar-refractivity contribution >= 4 is 17.4 Å². The molecule has 4 nitrogen and oxygen atoms in total. The number of anilines is 1. The minimum Gasteiger partial charge on any atom is -0.490 e. The van der Waals surface area contributed by atoms with Crippen molar-refractivity contribution < 1.29 is 4.74 Å². The highest BCUT2D eigenvalue weighted by molar-refractivity contribution is 6.31. The highest BCUT2D eigenvalue weighted by Gasteiger charge is 2.17. The highest BCUT2D eigenvalue weighted by Crippen LogP contribution is 2.30. The summed E-state index contributed by atoms with van der Waals surface area (Å²) in [7, 11) is 1.57. The summed E-state index contributed by atoms with van der Waals surface area (Å²) in [6.45, 7) is 6.53. The molecule has 5 heteroatoms. The molecule has 0 aromatic carbocycles. The Hall–Kier alpha value is -1.03. The highest BCUT2D eigenvalue weighted by atomic mass is 35.5. The summed E-state index contributed by atoms with van der Waals surface area (Å²) in [4.78, 5) is 8.06. The largest absolute Gasteiger partial charge is 0.490 e. The molecule has 0 amide bonds. The molecule has 1 atom stereocenters. The fourth-order valence-electron chi connectivity index (χ4n) is 1.97. The van der Waals surface area contributed by atoms with E-state index in [2.05, 4.69) is 36.1 Å². The summed E-state index contributed by atoms with van der Waals surface area (Å²) in [5.74, 6) is 1.77. The Bertz CT molecular complexity index is 356. The second-order valence-corrected chi connectivity index (χ2v) is 4.41. The molecular weight excluding hydrogens is 238 g/mol. The van der Waals surface area contributed by atoms with Gasteiger partial charge in [-0.2, -0.15) is 0 Å². The van der Waals surface area contributed by atoms with Crippen LogP contribution in [0, 0.1) is 5.92 Å². The fourth-order valence-corrected chi connectivity index (χ4v) is 2.18. The van der Waals surface area contributed by atoms with Crippen LogP contribution in [0.4, 0.5) is 5.82 Å². The van der Waals surface area contributed by atoms with Crippen LogP contribution in [0.5, 0.6) is 5.75 Å². The smallest absolute Gasteiger partial charge is 0.198 e. The first-order valence-electron chi connectivity index (χ1n) is 5.95. The lowest BCUT2D eigenvalue weighted by molar-refractivity contribution is 0.406. The number of halogens is 1. The number of ether oxygens (including phenoxy) is 1. The summed E-state index contributed by atoms with van der Waals surface area (Å²) in [6, 6.07) is 0.324. The third-order valence-electron chi connectivity index (χ3n) is 3.08. The molecule has 0 spiro atoms. The number of aromatic nitrogens is 2. The number of rotatable bonds is 6. The van der Waals surface area contributed by atoms with Crippen molar-refractivity contribution in [3.63, 3.8) is 0 Å². The Labute approximate surface area is 108 Å². The van der Waals surface area contributed by atoms with Crippen LogP contribution in [0.2, 0.25) is 5.15 Å². The standard InChI is InChI=1S/C12H20ClN3O/c1-5-9(6-2)8(3)16-12-10(17-4)11(13)14-7-15-12/h7-9H,5-6H2,1-4H3,(H,14,15,16). The van der Waals surface area contributed by atoms with E-state index in [1.165, 1.54) is 6.33 Å². The van der Waals surface area contributed by atoms with Crippen LogP contribution in [0.25, 0.3) is 0 Å². The Balaban J connectivity index is 2.84. The van der Waals surface area contributed by atoms with Crippen molar-refractivity contribution in [1.82, 2.24) is 9.97 Å². The fraction of sp³-hybridized carbons (Fsp3) is 0.667. The second kappa shape index (κ2) is 6.64. The molecule has 0 fully saturated rings. The zero-order valence-electron chi connectivity index (χ0n) is 10.8. The molecule has 0 aliphatic rings. The monoisotopic (exact) mass is 257 g/mol. The van der Waals surface area contributed by atoms with Gasteiger partial charge in [0.15, 0.2) is 16.7 Å². The van der Waals surface area contributed by atoms with E-state index in [4.69, 9.17) is 16.3 Å². The lowest BCUT2D eigenvalue weighted by Gasteiger charge is -2.23. The first-order chi connectivity index (χ1) is 8.13. The van der Waals surface area contributed by atoms with E-state index in [9.17, 15) is 0 Å². The molecule has 1 unspecified atom stereocenters. The number of hydrogen-bond donors (Lipinski definition) is 1. The summed E-state index contributed by atoms with van der Waals surface area (Å²) >= 11 is 5.94. The number of nitrogens with one attached hydrogen (secondary N) is 1. The minimum absolute atomic E-state index is 0.324. The maximum absolute atomic E-state index is 5.94. The topological polar surface area (TPSA) is 47.0 Å². The van der Waals surface area contributed by atoms with Gasteiger partial charge in [-0.3, -0.25) is 0 Å². The molecule has 0 aliphatic carbocycles. The van der Waals surface area contributed by atoms with E-state index in [-0.39, 0.29) is 0 Å². The Kier molecular flexibility index (Phi) is 5.48. The zero-order valence-corrected chi connectivity index (χ0v) is 11.6. The summed E-state index contributed by atoms with van der Waals surface area (Å²) in [5.41, 5.74) is 0. The molecular formula is C12H20ClN3O. The molecule has 1 rings (SSSR count). The van der Waals surface area contributed by atoms with Crippen molar-refractivity contribution in [2.45, 2.75) is 39.7 Å². The van der Waals surface area contributed by atoms with E-state index in [0.29, 0.717) is 28.7 Å².